The number of nitrogens with one attached hydrogen (secondary N) is 3. The van der Waals surface area contributed by atoms with E-state index < -0.39 is 11.7 Å². The molecule has 1 aromatic rings. The first kappa shape index (κ1) is 13.4. The van der Waals surface area contributed by atoms with Gasteiger partial charge in [-0.2, -0.15) is 10.4 Å². The second-order valence-corrected chi connectivity index (χ2v) is 3.32. The second-order valence-electron chi connectivity index (χ2n) is 3.32. The molecule has 0 bridgehead atoms. The molecule has 5 N–H and O–H groups in total. The molecule has 0 aromatic heterocycles. The highest BCUT2D eigenvalue weighted by Gasteiger charge is 2.05. The number of hydrogen-bond acceptors (Lipinski definition) is 5. The zero-order valence-corrected chi connectivity index (χ0v) is 9.79. The first-order valence-corrected chi connectivity index (χ1v) is 5.20. The highest BCUT2D eigenvalue weighted by molar-refractivity contribution is 6.45. The van der Waals surface area contributed by atoms with Crippen LogP contribution in [-0.4, -0.2) is 18.1 Å². The zero-order valence-electron chi connectivity index (χ0n) is 9.79. The standard InChI is InChI=1S/C11H13FN6/c1-2-16-8-4-3-7(12)5-9(8)17-18-10(6-13)11(14)15/h3-5,16-17H,2H2,1H3,(H3,14,15)/b18-10+. The Morgan fingerprint density at radius 2 is 2.28 bits per heavy atom. The Bertz CT molecular complexity index is 517. The fourth-order valence-corrected chi connectivity index (χ4v) is 1.22. The van der Waals surface area contributed by atoms with E-state index >= 15 is 0 Å². The summed E-state index contributed by atoms with van der Waals surface area (Å²) in [5, 5.41) is 22.4. The number of amidine groups is 1. The molecule has 18 heavy (non-hydrogen) atoms. The van der Waals surface area contributed by atoms with Crippen LogP contribution in [0.5, 0.6) is 0 Å². The first-order chi connectivity index (χ1) is 8.58. The summed E-state index contributed by atoms with van der Waals surface area (Å²) in [6.45, 7) is 2.55. The highest BCUT2D eigenvalue weighted by atomic mass is 19.1. The van der Waals surface area contributed by atoms with Crippen LogP contribution < -0.4 is 16.5 Å². The molecule has 7 heteroatoms. The lowest BCUT2D eigenvalue weighted by Gasteiger charge is -2.10. The van der Waals surface area contributed by atoms with Crippen LogP contribution in [0.3, 0.4) is 0 Å². The predicted molar refractivity (Wildman–Crippen MR) is 69.1 cm³/mol. The number of anilines is 2. The summed E-state index contributed by atoms with van der Waals surface area (Å²) in [5.74, 6) is -0.887. The van der Waals surface area contributed by atoms with Gasteiger partial charge in [0.2, 0.25) is 5.71 Å². The van der Waals surface area contributed by atoms with Gasteiger partial charge in [0.15, 0.2) is 5.84 Å². The molecule has 0 saturated heterocycles. The molecule has 0 atom stereocenters. The number of nitrogens with zero attached hydrogens (tertiary/aromatic N) is 2. The highest BCUT2D eigenvalue weighted by Crippen LogP contribution is 2.22. The molecule has 0 aliphatic heterocycles. The topological polar surface area (TPSA) is 110 Å². The van der Waals surface area contributed by atoms with Gasteiger partial charge in [-0.1, -0.05) is 0 Å². The molecule has 0 unspecified atom stereocenters. The van der Waals surface area contributed by atoms with Crippen LogP contribution >= 0.6 is 0 Å². The van der Waals surface area contributed by atoms with Gasteiger partial charge in [-0.3, -0.25) is 10.8 Å². The van der Waals surface area contributed by atoms with Gasteiger partial charge in [-0.15, -0.1) is 0 Å². The number of nitriles is 1. The van der Waals surface area contributed by atoms with Gasteiger partial charge in [-0.25, -0.2) is 4.39 Å². The van der Waals surface area contributed by atoms with Crippen LogP contribution in [0.1, 0.15) is 6.92 Å². The maximum Gasteiger partial charge on any atom is 0.201 e. The third-order valence-electron chi connectivity index (χ3n) is 2.00. The summed E-state index contributed by atoms with van der Waals surface area (Å²) in [7, 11) is 0. The summed E-state index contributed by atoms with van der Waals surface area (Å²) >= 11 is 0. The average Bonchev–Trinajstić information content (AvgIpc) is 2.33. The Labute approximate surface area is 104 Å². The van der Waals surface area contributed by atoms with E-state index in [9.17, 15) is 4.39 Å². The maximum absolute atomic E-state index is 13.1. The SMILES string of the molecule is CCNc1ccc(F)cc1N/N=C(\C#N)C(=N)N. The van der Waals surface area contributed by atoms with E-state index in [-0.39, 0.29) is 5.71 Å². The zero-order chi connectivity index (χ0) is 13.5. The second kappa shape index (κ2) is 6.20. The van der Waals surface area contributed by atoms with Crippen molar-refractivity contribution in [2.75, 3.05) is 17.3 Å². The fraction of sp³-hybridized carbons (Fsp3) is 0.182. The Balaban J connectivity index is 2.99. The lowest BCUT2D eigenvalue weighted by atomic mass is 10.2. The Morgan fingerprint density at radius 1 is 1.56 bits per heavy atom. The lowest BCUT2D eigenvalue weighted by molar-refractivity contribution is 0.628. The Hall–Kier alpha value is -2.62. The van der Waals surface area contributed by atoms with E-state index in [1.165, 1.54) is 12.1 Å². The monoisotopic (exact) mass is 248 g/mol. The van der Waals surface area contributed by atoms with Crippen LogP contribution in [0.2, 0.25) is 0 Å². The third-order valence-corrected chi connectivity index (χ3v) is 2.00. The van der Waals surface area contributed by atoms with Crippen molar-refractivity contribution in [3.8, 4) is 6.07 Å². The first-order valence-electron chi connectivity index (χ1n) is 5.20. The van der Waals surface area contributed by atoms with E-state index in [2.05, 4.69) is 15.8 Å². The summed E-state index contributed by atoms with van der Waals surface area (Å²) in [5.41, 5.74) is 8.40. The van der Waals surface area contributed by atoms with Gasteiger partial charge in [-0.05, 0) is 19.1 Å². The van der Waals surface area contributed by atoms with Crippen molar-refractivity contribution in [2.24, 2.45) is 10.8 Å². The van der Waals surface area contributed by atoms with Crippen molar-refractivity contribution in [1.29, 1.82) is 10.7 Å². The lowest BCUT2D eigenvalue weighted by Crippen LogP contribution is -2.22. The van der Waals surface area contributed by atoms with Crippen molar-refractivity contribution in [2.45, 2.75) is 6.92 Å². The molecular formula is C11H13FN6. The fourth-order valence-electron chi connectivity index (χ4n) is 1.22. The minimum Gasteiger partial charge on any atom is -0.384 e. The Kier molecular flexibility index (Phi) is 4.63. The number of rotatable bonds is 5. The molecule has 0 fully saturated rings. The molecule has 6 nitrogen and oxygen atoms in total. The van der Waals surface area contributed by atoms with Crippen LogP contribution in [0.15, 0.2) is 23.3 Å². The molecule has 0 amide bonds. The van der Waals surface area contributed by atoms with Gasteiger partial charge >= 0.3 is 0 Å². The Morgan fingerprint density at radius 3 is 2.83 bits per heavy atom. The molecule has 94 valence electrons. The molecule has 0 aliphatic carbocycles. The van der Waals surface area contributed by atoms with Gasteiger partial charge in [0.05, 0.1) is 11.4 Å². The van der Waals surface area contributed by atoms with Gasteiger partial charge in [0.25, 0.3) is 0 Å². The quantitative estimate of drug-likeness (QED) is 0.359. The van der Waals surface area contributed by atoms with E-state index in [1.54, 1.807) is 12.1 Å². The third kappa shape index (κ3) is 3.45. The minimum absolute atomic E-state index is 0.262. The summed E-state index contributed by atoms with van der Waals surface area (Å²) in [6, 6.07) is 5.76. The molecule has 0 saturated carbocycles. The van der Waals surface area contributed by atoms with Gasteiger partial charge < -0.3 is 11.1 Å². The van der Waals surface area contributed by atoms with E-state index in [1.807, 2.05) is 6.92 Å². The molecule has 0 aliphatic rings. The molecule has 1 aromatic carbocycles. The van der Waals surface area contributed by atoms with Crippen LogP contribution in [0, 0.1) is 22.6 Å². The number of benzene rings is 1. The van der Waals surface area contributed by atoms with E-state index in [0.717, 1.165) is 0 Å². The number of hydrazone groups is 1. The van der Waals surface area contributed by atoms with Crippen molar-refractivity contribution < 1.29 is 4.39 Å². The molecule has 1 rings (SSSR count). The molecular weight excluding hydrogens is 235 g/mol. The number of nitrogens with two attached hydrogens (primary N) is 1. The van der Waals surface area contributed by atoms with Crippen LogP contribution in [0.25, 0.3) is 0 Å². The summed E-state index contributed by atoms with van der Waals surface area (Å²) < 4.78 is 13.1. The van der Waals surface area contributed by atoms with Gasteiger partial charge in [0.1, 0.15) is 11.9 Å². The van der Waals surface area contributed by atoms with Crippen LogP contribution in [0.4, 0.5) is 15.8 Å². The normalized spacial score (nSPS) is 10.6. The van der Waals surface area contributed by atoms with E-state index in [4.69, 9.17) is 16.4 Å². The molecule has 0 radical (unpaired) electrons. The van der Waals surface area contributed by atoms with Crippen LogP contribution in [-0.2, 0) is 0 Å². The van der Waals surface area contributed by atoms with Crippen molar-refractivity contribution in [1.82, 2.24) is 0 Å². The minimum atomic E-state index is -0.452. The molecule has 0 heterocycles. The molecule has 0 spiro atoms. The number of halogens is 1. The van der Waals surface area contributed by atoms with E-state index in [0.29, 0.717) is 17.9 Å². The van der Waals surface area contributed by atoms with Crippen molar-refractivity contribution in [3.63, 3.8) is 0 Å². The largest absolute Gasteiger partial charge is 0.384 e. The number of hydrogen-bond donors (Lipinski definition) is 4. The van der Waals surface area contributed by atoms with Crippen molar-refractivity contribution in [3.05, 3.63) is 24.0 Å². The summed E-state index contributed by atoms with van der Waals surface area (Å²) in [6.07, 6.45) is 0. The summed E-state index contributed by atoms with van der Waals surface area (Å²) in [4.78, 5) is 0. The maximum atomic E-state index is 13.1. The predicted octanol–water partition coefficient (Wildman–Crippen LogP) is 1.48. The van der Waals surface area contributed by atoms with Crippen molar-refractivity contribution >= 4 is 22.9 Å². The van der Waals surface area contributed by atoms with Gasteiger partial charge in [0, 0.05) is 12.6 Å². The average molecular weight is 248 g/mol. The smallest absolute Gasteiger partial charge is 0.201 e.